The van der Waals surface area contributed by atoms with Crippen molar-refractivity contribution in [2.45, 2.75) is 18.4 Å². The Balaban J connectivity index is 1.54. The minimum atomic E-state index is -0.776. The van der Waals surface area contributed by atoms with Gasteiger partial charge in [0.25, 0.3) is 5.91 Å². The first-order chi connectivity index (χ1) is 11.2. The number of hydrogen-bond acceptors (Lipinski definition) is 4. The fourth-order valence-corrected chi connectivity index (χ4v) is 2.80. The number of rotatable bonds is 4. The summed E-state index contributed by atoms with van der Waals surface area (Å²) < 4.78 is 0. The summed E-state index contributed by atoms with van der Waals surface area (Å²) in [5, 5.41) is 14.0. The van der Waals surface area contributed by atoms with Crippen molar-refractivity contribution in [3.05, 3.63) is 60.4 Å². The number of para-hydroxylation sites is 1. The van der Waals surface area contributed by atoms with Gasteiger partial charge in [-0.2, -0.15) is 0 Å². The first-order valence-corrected chi connectivity index (χ1v) is 7.87. The molecule has 0 radical (unpaired) electrons. The molecule has 5 heteroatoms. The third-order valence-electron chi connectivity index (χ3n) is 4.29. The van der Waals surface area contributed by atoms with Gasteiger partial charge in [0.15, 0.2) is 0 Å². The monoisotopic (exact) mass is 311 g/mol. The Morgan fingerprint density at radius 2 is 1.91 bits per heavy atom. The second-order valence-electron chi connectivity index (χ2n) is 5.98. The van der Waals surface area contributed by atoms with Crippen molar-refractivity contribution in [2.24, 2.45) is 0 Å². The number of pyridine rings is 1. The fraction of sp³-hybridized carbons (Fsp3) is 0.333. The highest BCUT2D eigenvalue weighted by Crippen LogP contribution is 2.24. The van der Waals surface area contributed by atoms with Crippen molar-refractivity contribution >= 4 is 11.6 Å². The van der Waals surface area contributed by atoms with Gasteiger partial charge in [-0.3, -0.25) is 9.78 Å². The lowest BCUT2D eigenvalue weighted by atomic mass is 9.91. The summed E-state index contributed by atoms with van der Waals surface area (Å²) in [6.07, 6.45) is 4.37. The molecule has 0 aliphatic carbocycles. The third-order valence-corrected chi connectivity index (χ3v) is 4.29. The van der Waals surface area contributed by atoms with Crippen LogP contribution in [0.5, 0.6) is 0 Å². The Morgan fingerprint density at radius 3 is 2.57 bits per heavy atom. The summed E-state index contributed by atoms with van der Waals surface area (Å²) in [6.45, 7) is 1.60. The van der Waals surface area contributed by atoms with Gasteiger partial charge in [0.1, 0.15) is 0 Å². The van der Waals surface area contributed by atoms with Crippen molar-refractivity contribution in [1.82, 2.24) is 9.88 Å². The second kappa shape index (κ2) is 6.79. The summed E-state index contributed by atoms with van der Waals surface area (Å²) >= 11 is 0. The minimum absolute atomic E-state index is 0.0174. The molecule has 2 heterocycles. The number of piperidine rings is 1. The van der Waals surface area contributed by atoms with Gasteiger partial charge in [-0.05, 0) is 37.1 Å². The molecule has 1 saturated heterocycles. The molecule has 5 nitrogen and oxygen atoms in total. The molecule has 0 atom stereocenters. The number of amides is 1. The summed E-state index contributed by atoms with van der Waals surface area (Å²) in [4.78, 5) is 18.1. The normalized spacial score (nSPS) is 16.8. The lowest BCUT2D eigenvalue weighted by Gasteiger charge is -2.38. The predicted octanol–water partition coefficient (Wildman–Crippen LogP) is 2.16. The number of carbonyl (C=O) groups is 1. The van der Waals surface area contributed by atoms with Gasteiger partial charge in [-0.25, -0.2) is 0 Å². The number of benzene rings is 1. The van der Waals surface area contributed by atoms with E-state index >= 15 is 0 Å². The standard InChI is InChI=1S/C18H21N3O2/c22-17(15-5-4-10-19-13-15)21-11-8-18(23,9-12-21)14-20-16-6-2-1-3-7-16/h1-7,10,13,20,23H,8-9,11-12,14H2. The highest BCUT2D eigenvalue weighted by atomic mass is 16.3. The number of anilines is 1. The SMILES string of the molecule is O=C(c1cccnc1)N1CCC(O)(CNc2ccccc2)CC1. The zero-order valence-corrected chi connectivity index (χ0v) is 13.0. The van der Waals surface area contributed by atoms with E-state index in [0.29, 0.717) is 38.0 Å². The number of likely N-dealkylation sites (tertiary alicyclic amines) is 1. The zero-order chi connectivity index (χ0) is 16.1. The van der Waals surface area contributed by atoms with Crippen LogP contribution in [0.2, 0.25) is 0 Å². The highest BCUT2D eigenvalue weighted by molar-refractivity contribution is 5.93. The molecule has 120 valence electrons. The number of carbonyl (C=O) groups excluding carboxylic acids is 1. The first-order valence-electron chi connectivity index (χ1n) is 7.87. The second-order valence-corrected chi connectivity index (χ2v) is 5.98. The predicted molar refractivity (Wildman–Crippen MR) is 89.3 cm³/mol. The van der Waals surface area contributed by atoms with E-state index < -0.39 is 5.60 Å². The molecular formula is C18H21N3O2. The van der Waals surface area contributed by atoms with E-state index in [2.05, 4.69) is 10.3 Å². The van der Waals surface area contributed by atoms with Crippen LogP contribution in [0.1, 0.15) is 23.2 Å². The number of hydrogen-bond donors (Lipinski definition) is 2. The molecule has 0 spiro atoms. The number of nitrogens with zero attached hydrogens (tertiary/aromatic N) is 2. The van der Waals surface area contributed by atoms with Crippen molar-refractivity contribution in [1.29, 1.82) is 0 Å². The molecule has 23 heavy (non-hydrogen) atoms. The molecule has 2 N–H and O–H groups in total. The van der Waals surface area contributed by atoms with Crippen molar-refractivity contribution in [3.8, 4) is 0 Å². The maximum absolute atomic E-state index is 12.4. The molecule has 1 amide bonds. The Labute approximate surface area is 136 Å². The summed E-state index contributed by atoms with van der Waals surface area (Å²) in [6, 6.07) is 13.4. The van der Waals surface area contributed by atoms with Gasteiger partial charge in [0.2, 0.25) is 0 Å². The molecule has 1 aliphatic heterocycles. The van der Waals surface area contributed by atoms with Crippen LogP contribution in [0.15, 0.2) is 54.9 Å². The molecule has 1 fully saturated rings. The van der Waals surface area contributed by atoms with Gasteiger partial charge in [-0.1, -0.05) is 18.2 Å². The smallest absolute Gasteiger partial charge is 0.255 e. The minimum Gasteiger partial charge on any atom is -0.388 e. The molecule has 0 unspecified atom stereocenters. The van der Waals surface area contributed by atoms with Crippen molar-refractivity contribution in [2.75, 3.05) is 25.0 Å². The molecule has 0 bridgehead atoms. The average molecular weight is 311 g/mol. The van der Waals surface area contributed by atoms with Crippen LogP contribution in [0, 0.1) is 0 Å². The maximum Gasteiger partial charge on any atom is 0.255 e. The summed E-state index contributed by atoms with van der Waals surface area (Å²) in [7, 11) is 0. The van der Waals surface area contributed by atoms with Gasteiger partial charge < -0.3 is 15.3 Å². The molecular weight excluding hydrogens is 290 g/mol. The van der Waals surface area contributed by atoms with Gasteiger partial charge in [0, 0.05) is 37.7 Å². The van der Waals surface area contributed by atoms with Crippen LogP contribution < -0.4 is 5.32 Å². The molecule has 3 rings (SSSR count). The summed E-state index contributed by atoms with van der Waals surface area (Å²) in [5.41, 5.74) is 0.816. The average Bonchev–Trinajstić information content (AvgIpc) is 2.62. The van der Waals surface area contributed by atoms with E-state index in [1.165, 1.54) is 0 Å². The maximum atomic E-state index is 12.4. The summed E-state index contributed by atoms with van der Waals surface area (Å²) in [5.74, 6) is -0.0174. The lowest BCUT2D eigenvalue weighted by molar-refractivity contribution is -0.00643. The molecule has 0 saturated carbocycles. The van der Waals surface area contributed by atoms with E-state index in [-0.39, 0.29) is 5.91 Å². The molecule has 2 aromatic rings. The number of aliphatic hydroxyl groups is 1. The Kier molecular flexibility index (Phi) is 4.57. The van der Waals surface area contributed by atoms with Gasteiger partial charge >= 0.3 is 0 Å². The quantitative estimate of drug-likeness (QED) is 0.908. The number of nitrogens with one attached hydrogen (secondary N) is 1. The van der Waals surface area contributed by atoms with E-state index in [4.69, 9.17) is 0 Å². The zero-order valence-electron chi connectivity index (χ0n) is 13.0. The van der Waals surface area contributed by atoms with E-state index in [1.807, 2.05) is 30.3 Å². The van der Waals surface area contributed by atoms with Crippen molar-refractivity contribution in [3.63, 3.8) is 0 Å². The molecule has 1 aliphatic rings. The topological polar surface area (TPSA) is 65.5 Å². The first kappa shape index (κ1) is 15.5. The highest BCUT2D eigenvalue weighted by Gasteiger charge is 2.34. The van der Waals surface area contributed by atoms with Crippen LogP contribution in [0.4, 0.5) is 5.69 Å². The van der Waals surface area contributed by atoms with Gasteiger partial charge in [-0.15, -0.1) is 0 Å². The van der Waals surface area contributed by atoms with Crippen LogP contribution >= 0.6 is 0 Å². The van der Waals surface area contributed by atoms with E-state index in [9.17, 15) is 9.90 Å². The van der Waals surface area contributed by atoms with Crippen LogP contribution in [-0.4, -0.2) is 46.1 Å². The third kappa shape index (κ3) is 3.87. The van der Waals surface area contributed by atoms with Crippen LogP contribution in [0.25, 0.3) is 0 Å². The largest absolute Gasteiger partial charge is 0.388 e. The van der Waals surface area contributed by atoms with E-state index in [0.717, 1.165) is 5.69 Å². The van der Waals surface area contributed by atoms with E-state index in [1.54, 1.807) is 29.4 Å². The molecule has 1 aromatic heterocycles. The number of aromatic nitrogens is 1. The Morgan fingerprint density at radius 1 is 1.17 bits per heavy atom. The molecule has 1 aromatic carbocycles. The Hall–Kier alpha value is -2.40. The fourth-order valence-electron chi connectivity index (χ4n) is 2.80. The van der Waals surface area contributed by atoms with Crippen LogP contribution in [0.3, 0.4) is 0 Å². The lowest BCUT2D eigenvalue weighted by Crippen LogP contribution is -2.49. The van der Waals surface area contributed by atoms with Crippen molar-refractivity contribution < 1.29 is 9.90 Å². The Bertz CT molecular complexity index is 638. The van der Waals surface area contributed by atoms with Gasteiger partial charge in [0.05, 0.1) is 11.2 Å². The van der Waals surface area contributed by atoms with Crippen LogP contribution in [-0.2, 0) is 0 Å².